The van der Waals surface area contributed by atoms with Gasteiger partial charge in [-0.05, 0) is 42.3 Å². The van der Waals surface area contributed by atoms with Crippen LogP contribution in [0.4, 0.5) is 4.39 Å². The topological polar surface area (TPSA) is 44.1 Å². The standard InChI is InChI=1S/C18H15FN2O2/c1-11-9-21-17(10-23-11)20-16-8-13(4-7-15(16)18(21)22)12-2-5-14(19)6-3-12/h2-8,11H,9-10H2,1H3. The van der Waals surface area contributed by atoms with Crippen LogP contribution < -0.4 is 5.56 Å². The number of aromatic nitrogens is 2. The molecular weight excluding hydrogens is 295 g/mol. The van der Waals surface area contributed by atoms with Crippen LogP contribution in [0.15, 0.2) is 47.3 Å². The fourth-order valence-electron chi connectivity index (χ4n) is 2.91. The molecule has 0 radical (unpaired) electrons. The fourth-order valence-corrected chi connectivity index (χ4v) is 2.91. The van der Waals surface area contributed by atoms with Gasteiger partial charge in [-0.1, -0.05) is 18.2 Å². The van der Waals surface area contributed by atoms with Crippen LogP contribution in [0.25, 0.3) is 22.0 Å². The Bertz CT molecular complexity index is 948. The van der Waals surface area contributed by atoms with E-state index in [4.69, 9.17) is 4.74 Å². The van der Waals surface area contributed by atoms with Crippen LogP contribution in [0.1, 0.15) is 12.7 Å². The Morgan fingerprint density at radius 1 is 1.17 bits per heavy atom. The lowest BCUT2D eigenvalue weighted by Crippen LogP contribution is -2.35. The van der Waals surface area contributed by atoms with E-state index in [-0.39, 0.29) is 17.5 Å². The quantitative estimate of drug-likeness (QED) is 0.693. The van der Waals surface area contributed by atoms with Gasteiger partial charge in [0.05, 0.1) is 23.6 Å². The van der Waals surface area contributed by atoms with E-state index in [9.17, 15) is 9.18 Å². The summed E-state index contributed by atoms with van der Waals surface area (Å²) in [5.41, 5.74) is 2.39. The van der Waals surface area contributed by atoms with Crippen LogP contribution in [0, 0.1) is 5.82 Å². The molecule has 5 heteroatoms. The summed E-state index contributed by atoms with van der Waals surface area (Å²) >= 11 is 0. The zero-order chi connectivity index (χ0) is 16.0. The number of benzene rings is 2. The first-order valence-electron chi connectivity index (χ1n) is 7.53. The van der Waals surface area contributed by atoms with Gasteiger partial charge in [0.1, 0.15) is 18.2 Å². The molecule has 2 heterocycles. The maximum atomic E-state index is 13.1. The molecule has 0 spiro atoms. The molecule has 1 aliphatic heterocycles. The van der Waals surface area contributed by atoms with Crippen LogP contribution in [0.5, 0.6) is 0 Å². The van der Waals surface area contributed by atoms with Crippen molar-refractivity contribution in [2.24, 2.45) is 0 Å². The van der Waals surface area contributed by atoms with Crippen molar-refractivity contribution >= 4 is 10.9 Å². The normalized spacial score (nSPS) is 17.2. The molecule has 3 aromatic rings. The summed E-state index contributed by atoms with van der Waals surface area (Å²) in [4.78, 5) is 17.2. The smallest absolute Gasteiger partial charge is 0.261 e. The summed E-state index contributed by atoms with van der Waals surface area (Å²) in [6, 6.07) is 11.8. The van der Waals surface area contributed by atoms with Gasteiger partial charge in [0.15, 0.2) is 0 Å². The van der Waals surface area contributed by atoms with E-state index in [0.29, 0.717) is 29.9 Å². The second kappa shape index (κ2) is 5.28. The highest BCUT2D eigenvalue weighted by molar-refractivity contribution is 5.83. The Morgan fingerprint density at radius 2 is 1.91 bits per heavy atom. The third-order valence-corrected chi connectivity index (χ3v) is 4.15. The summed E-state index contributed by atoms with van der Waals surface area (Å²) in [6.07, 6.45) is 0.0120. The molecule has 116 valence electrons. The van der Waals surface area contributed by atoms with Crippen molar-refractivity contribution in [3.8, 4) is 11.1 Å². The Hall–Kier alpha value is -2.53. The minimum Gasteiger partial charge on any atom is -0.369 e. The molecule has 4 rings (SSSR count). The van der Waals surface area contributed by atoms with Crippen molar-refractivity contribution in [2.45, 2.75) is 26.2 Å². The van der Waals surface area contributed by atoms with E-state index in [1.165, 1.54) is 12.1 Å². The van der Waals surface area contributed by atoms with Gasteiger partial charge >= 0.3 is 0 Å². The van der Waals surface area contributed by atoms with Crippen molar-refractivity contribution in [1.29, 1.82) is 0 Å². The van der Waals surface area contributed by atoms with Crippen LogP contribution >= 0.6 is 0 Å². The summed E-state index contributed by atoms with van der Waals surface area (Å²) in [7, 11) is 0. The molecule has 1 aromatic heterocycles. The Morgan fingerprint density at radius 3 is 2.70 bits per heavy atom. The van der Waals surface area contributed by atoms with Crippen molar-refractivity contribution < 1.29 is 9.13 Å². The van der Waals surface area contributed by atoms with E-state index in [1.54, 1.807) is 22.8 Å². The lowest BCUT2D eigenvalue weighted by Gasteiger charge is -2.23. The van der Waals surface area contributed by atoms with Crippen LogP contribution in [-0.2, 0) is 17.9 Å². The lowest BCUT2D eigenvalue weighted by molar-refractivity contribution is 0.0117. The van der Waals surface area contributed by atoms with Gasteiger partial charge in [-0.2, -0.15) is 0 Å². The number of hydrogen-bond donors (Lipinski definition) is 0. The molecule has 0 amide bonds. The highest BCUT2D eigenvalue weighted by Gasteiger charge is 2.19. The maximum Gasteiger partial charge on any atom is 0.261 e. The number of ether oxygens (including phenoxy) is 1. The van der Waals surface area contributed by atoms with Gasteiger partial charge in [-0.3, -0.25) is 9.36 Å². The molecule has 1 aliphatic rings. The number of fused-ring (bicyclic) bond motifs is 2. The van der Waals surface area contributed by atoms with Gasteiger partial charge in [0.25, 0.3) is 5.56 Å². The van der Waals surface area contributed by atoms with E-state index in [1.807, 2.05) is 19.1 Å². The second-order valence-electron chi connectivity index (χ2n) is 5.80. The molecule has 4 nitrogen and oxygen atoms in total. The highest BCUT2D eigenvalue weighted by Crippen LogP contribution is 2.23. The molecule has 0 N–H and O–H groups in total. The van der Waals surface area contributed by atoms with E-state index in [2.05, 4.69) is 4.98 Å². The van der Waals surface area contributed by atoms with E-state index < -0.39 is 0 Å². The molecule has 0 fully saturated rings. The van der Waals surface area contributed by atoms with Gasteiger partial charge in [0, 0.05) is 0 Å². The van der Waals surface area contributed by atoms with Crippen LogP contribution in [0.3, 0.4) is 0 Å². The molecule has 0 aliphatic carbocycles. The third-order valence-electron chi connectivity index (χ3n) is 4.15. The first-order valence-corrected chi connectivity index (χ1v) is 7.53. The largest absolute Gasteiger partial charge is 0.369 e. The molecule has 0 saturated heterocycles. The summed E-state index contributed by atoms with van der Waals surface area (Å²) in [5.74, 6) is 0.378. The predicted molar refractivity (Wildman–Crippen MR) is 85.6 cm³/mol. The Kier molecular flexibility index (Phi) is 3.23. The fraction of sp³-hybridized carbons (Fsp3) is 0.222. The third kappa shape index (κ3) is 2.43. The minimum absolute atomic E-state index is 0.0120. The Balaban J connectivity index is 1.88. The molecule has 0 bridgehead atoms. The molecule has 23 heavy (non-hydrogen) atoms. The summed E-state index contributed by atoms with van der Waals surface area (Å²) in [6.45, 7) is 2.81. The van der Waals surface area contributed by atoms with Gasteiger partial charge in [0.2, 0.25) is 0 Å². The molecule has 1 atom stereocenters. The zero-order valence-corrected chi connectivity index (χ0v) is 12.6. The first kappa shape index (κ1) is 14.1. The highest BCUT2D eigenvalue weighted by atomic mass is 19.1. The second-order valence-corrected chi connectivity index (χ2v) is 5.80. The summed E-state index contributed by atoms with van der Waals surface area (Å²) < 4.78 is 20.3. The van der Waals surface area contributed by atoms with Crippen LogP contribution in [0.2, 0.25) is 0 Å². The lowest BCUT2D eigenvalue weighted by atomic mass is 10.0. The molecule has 2 aromatic carbocycles. The van der Waals surface area contributed by atoms with Crippen molar-refractivity contribution in [2.75, 3.05) is 0 Å². The van der Waals surface area contributed by atoms with E-state index >= 15 is 0 Å². The van der Waals surface area contributed by atoms with Crippen molar-refractivity contribution in [3.05, 3.63) is 64.5 Å². The number of halogens is 1. The number of rotatable bonds is 1. The Labute approximate surface area is 132 Å². The SMILES string of the molecule is CC1Cn2c(nc3cc(-c4ccc(F)cc4)ccc3c2=O)CO1. The summed E-state index contributed by atoms with van der Waals surface area (Å²) in [5, 5.41) is 0.591. The zero-order valence-electron chi connectivity index (χ0n) is 12.6. The maximum absolute atomic E-state index is 13.1. The van der Waals surface area contributed by atoms with Crippen LogP contribution in [-0.4, -0.2) is 15.7 Å². The molecule has 1 unspecified atom stereocenters. The number of nitrogens with zero attached hydrogens (tertiary/aromatic N) is 2. The first-order chi connectivity index (χ1) is 11.1. The monoisotopic (exact) mass is 310 g/mol. The predicted octanol–water partition coefficient (Wildman–Crippen LogP) is 3.12. The van der Waals surface area contributed by atoms with Crippen molar-refractivity contribution in [1.82, 2.24) is 9.55 Å². The van der Waals surface area contributed by atoms with Gasteiger partial charge in [-0.25, -0.2) is 9.37 Å². The van der Waals surface area contributed by atoms with Gasteiger partial charge in [-0.15, -0.1) is 0 Å². The average Bonchev–Trinajstić information content (AvgIpc) is 2.56. The minimum atomic E-state index is -0.272. The number of hydrogen-bond acceptors (Lipinski definition) is 3. The van der Waals surface area contributed by atoms with Gasteiger partial charge < -0.3 is 4.74 Å². The van der Waals surface area contributed by atoms with E-state index in [0.717, 1.165) is 11.1 Å². The molecular formula is C18H15FN2O2. The van der Waals surface area contributed by atoms with Crippen molar-refractivity contribution in [3.63, 3.8) is 0 Å². The molecule has 0 saturated carbocycles. The average molecular weight is 310 g/mol.